The number of aromatic nitrogens is 2. The monoisotopic (exact) mass is 374 g/mol. The number of hydrogen-bond acceptors (Lipinski definition) is 6. The lowest BCUT2D eigenvalue weighted by atomic mass is 9.78. The Hall–Kier alpha value is -2.38. The third-order valence-electron chi connectivity index (χ3n) is 5.78. The first kappa shape index (κ1) is 19.4. The summed E-state index contributed by atoms with van der Waals surface area (Å²) in [4.78, 5) is 34.3. The van der Waals surface area contributed by atoms with Crippen LogP contribution >= 0.6 is 0 Å². The SMILES string of the molecule is CN(C)C(=O)[C@H]1CC[C@H](Nc2ncc(C(N)=O)c(NC3(C)CCC3)n2)CC1. The summed E-state index contributed by atoms with van der Waals surface area (Å²) in [5, 5.41) is 6.73. The average Bonchev–Trinajstić information content (AvgIpc) is 2.60. The van der Waals surface area contributed by atoms with Crippen LogP contribution in [0.4, 0.5) is 11.8 Å². The summed E-state index contributed by atoms with van der Waals surface area (Å²) in [7, 11) is 3.61. The smallest absolute Gasteiger partial charge is 0.254 e. The van der Waals surface area contributed by atoms with Crippen LogP contribution in [0.5, 0.6) is 0 Å². The third kappa shape index (κ3) is 4.48. The summed E-state index contributed by atoms with van der Waals surface area (Å²) in [5.41, 5.74) is 5.75. The lowest BCUT2D eigenvalue weighted by Gasteiger charge is -2.40. The van der Waals surface area contributed by atoms with Crippen LogP contribution in [0, 0.1) is 5.92 Å². The van der Waals surface area contributed by atoms with Gasteiger partial charge in [-0.3, -0.25) is 9.59 Å². The Morgan fingerprint density at radius 1 is 1.22 bits per heavy atom. The maximum absolute atomic E-state index is 12.1. The van der Waals surface area contributed by atoms with Gasteiger partial charge in [0.25, 0.3) is 5.91 Å². The quantitative estimate of drug-likeness (QED) is 0.702. The number of nitrogens with two attached hydrogens (primary N) is 1. The van der Waals surface area contributed by atoms with Crippen molar-refractivity contribution in [2.24, 2.45) is 11.7 Å². The summed E-state index contributed by atoms with van der Waals surface area (Å²) in [6.07, 6.45) is 8.25. The van der Waals surface area contributed by atoms with Crippen molar-refractivity contribution in [3.63, 3.8) is 0 Å². The van der Waals surface area contributed by atoms with Gasteiger partial charge < -0.3 is 21.3 Å². The summed E-state index contributed by atoms with van der Waals surface area (Å²) in [5.74, 6) is 0.768. The number of nitrogens with zero attached hydrogens (tertiary/aromatic N) is 3. The molecule has 2 saturated carbocycles. The molecule has 0 atom stereocenters. The van der Waals surface area contributed by atoms with E-state index in [0.717, 1.165) is 38.5 Å². The van der Waals surface area contributed by atoms with Gasteiger partial charge in [-0.1, -0.05) is 0 Å². The van der Waals surface area contributed by atoms with Gasteiger partial charge in [-0.15, -0.1) is 0 Å². The molecule has 148 valence electrons. The minimum absolute atomic E-state index is 0.0412. The minimum Gasteiger partial charge on any atom is -0.365 e. The van der Waals surface area contributed by atoms with Crippen LogP contribution in [0.1, 0.15) is 62.2 Å². The molecule has 8 nitrogen and oxygen atoms in total. The Morgan fingerprint density at radius 2 is 1.89 bits per heavy atom. The molecule has 1 aromatic heterocycles. The fourth-order valence-corrected chi connectivity index (χ4v) is 3.88. The lowest BCUT2D eigenvalue weighted by Crippen LogP contribution is -2.42. The predicted octanol–water partition coefficient (Wildman–Crippen LogP) is 1.99. The van der Waals surface area contributed by atoms with E-state index in [1.54, 1.807) is 19.0 Å². The van der Waals surface area contributed by atoms with Gasteiger partial charge in [0.15, 0.2) is 0 Å². The van der Waals surface area contributed by atoms with Gasteiger partial charge in [-0.2, -0.15) is 4.98 Å². The molecule has 27 heavy (non-hydrogen) atoms. The molecule has 0 unspecified atom stereocenters. The van der Waals surface area contributed by atoms with Crippen molar-refractivity contribution in [2.45, 2.75) is 63.5 Å². The van der Waals surface area contributed by atoms with E-state index in [9.17, 15) is 9.59 Å². The highest BCUT2D eigenvalue weighted by atomic mass is 16.2. The summed E-state index contributed by atoms with van der Waals surface area (Å²) in [6.45, 7) is 2.12. The van der Waals surface area contributed by atoms with E-state index in [0.29, 0.717) is 17.3 Å². The maximum Gasteiger partial charge on any atom is 0.254 e. The number of anilines is 2. The van der Waals surface area contributed by atoms with Crippen LogP contribution in [0.2, 0.25) is 0 Å². The topological polar surface area (TPSA) is 113 Å². The Kier molecular flexibility index (Phi) is 5.53. The second-order valence-electron chi connectivity index (χ2n) is 8.28. The van der Waals surface area contributed by atoms with Crippen LogP contribution in [0.25, 0.3) is 0 Å². The molecule has 8 heteroatoms. The average molecular weight is 374 g/mol. The first-order valence-corrected chi connectivity index (χ1v) is 9.70. The molecule has 0 spiro atoms. The molecule has 2 aliphatic rings. The van der Waals surface area contributed by atoms with Crippen LogP contribution in [0.3, 0.4) is 0 Å². The van der Waals surface area contributed by atoms with Crippen LogP contribution in [-0.2, 0) is 4.79 Å². The number of nitrogens with one attached hydrogen (secondary N) is 2. The normalized spacial score (nSPS) is 23.8. The molecule has 0 aliphatic heterocycles. The number of carbonyl (C=O) groups excluding carboxylic acids is 2. The lowest BCUT2D eigenvalue weighted by molar-refractivity contribution is -0.133. The molecule has 2 fully saturated rings. The van der Waals surface area contributed by atoms with E-state index < -0.39 is 5.91 Å². The molecular formula is C19H30N6O2. The summed E-state index contributed by atoms with van der Waals surface area (Å²) < 4.78 is 0. The van der Waals surface area contributed by atoms with Crippen molar-refractivity contribution in [1.82, 2.24) is 14.9 Å². The Labute approximate surface area is 160 Å². The molecule has 0 aromatic carbocycles. The van der Waals surface area contributed by atoms with Crippen molar-refractivity contribution < 1.29 is 9.59 Å². The molecule has 0 radical (unpaired) electrons. The minimum atomic E-state index is -0.533. The van der Waals surface area contributed by atoms with Crippen molar-refractivity contribution >= 4 is 23.6 Å². The fourth-order valence-electron chi connectivity index (χ4n) is 3.88. The zero-order chi connectivity index (χ0) is 19.6. The zero-order valence-corrected chi connectivity index (χ0v) is 16.4. The standard InChI is InChI=1S/C19H30N6O2/c1-19(9-4-10-19)24-16-14(15(20)26)11-21-18(23-16)22-13-7-5-12(6-8-13)17(27)25(2)3/h11-13H,4-10H2,1-3H3,(H2,20,26)(H2,21,22,23,24)/t12-,13-. The zero-order valence-electron chi connectivity index (χ0n) is 16.4. The highest BCUT2D eigenvalue weighted by Crippen LogP contribution is 2.35. The Bertz CT molecular complexity index is 708. The Morgan fingerprint density at radius 3 is 2.41 bits per heavy atom. The first-order chi connectivity index (χ1) is 12.8. The third-order valence-corrected chi connectivity index (χ3v) is 5.78. The fraction of sp³-hybridized carbons (Fsp3) is 0.684. The largest absolute Gasteiger partial charge is 0.365 e. The van der Waals surface area contributed by atoms with E-state index in [1.165, 1.54) is 12.6 Å². The number of hydrogen-bond donors (Lipinski definition) is 3. The van der Waals surface area contributed by atoms with E-state index in [4.69, 9.17) is 5.73 Å². The second kappa shape index (κ2) is 7.70. The van der Waals surface area contributed by atoms with Gasteiger partial charge in [-0.05, 0) is 51.9 Å². The van der Waals surface area contributed by atoms with E-state index >= 15 is 0 Å². The van der Waals surface area contributed by atoms with Crippen LogP contribution in [-0.4, -0.2) is 52.4 Å². The Balaban J connectivity index is 1.65. The molecule has 4 N–H and O–H groups in total. The molecule has 3 rings (SSSR count). The van der Waals surface area contributed by atoms with E-state index in [2.05, 4.69) is 27.5 Å². The number of primary amides is 1. The molecular weight excluding hydrogens is 344 g/mol. The number of rotatable bonds is 6. The number of carbonyl (C=O) groups is 2. The maximum atomic E-state index is 12.1. The molecule has 0 bridgehead atoms. The van der Waals surface area contributed by atoms with E-state index in [-0.39, 0.29) is 23.4 Å². The second-order valence-corrected chi connectivity index (χ2v) is 8.28. The molecule has 2 amide bonds. The van der Waals surface area contributed by atoms with Crippen LogP contribution < -0.4 is 16.4 Å². The molecule has 1 heterocycles. The van der Waals surface area contributed by atoms with Crippen LogP contribution in [0.15, 0.2) is 6.20 Å². The molecule has 2 aliphatic carbocycles. The molecule has 1 aromatic rings. The van der Waals surface area contributed by atoms with Gasteiger partial charge in [0.1, 0.15) is 5.82 Å². The van der Waals surface area contributed by atoms with Gasteiger partial charge in [-0.25, -0.2) is 4.98 Å². The van der Waals surface area contributed by atoms with Gasteiger partial charge >= 0.3 is 0 Å². The van der Waals surface area contributed by atoms with Gasteiger partial charge in [0.05, 0.1) is 5.56 Å². The predicted molar refractivity (Wildman–Crippen MR) is 104 cm³/mol. The highest BCUT2D eigenvalue weighted by molar-refractivity contribution is 5.97. The highest BCUT2D eigenvalue weighted by Gasteiger charge is 2.33. The number of amides is 2. The van der Waals surface area contributed by atoms with Crippen molar-refractivity contribution in [1.29, 1.82) is 0 Å². The van der Waals surface area contributed by atoms with Gasteiger partial charge in [0.2, 0.25) is 11.9 Å². The summed E-state index contributed by atoms with van der Waals surface area (Å²) >= 11 is 0. The van der Waals surface area contributed by atoms with Crippen molar-refractivity contribution in [2.75, 3.05) is 24.7 Å². The van der Waals surface area contributed by atoms with E-state index in [1.807, 2.05) is 0 Å². The van der Waals surface area contributed by atoms with Crippen molar-refractivity contribution in [3.05, 3.63) is 11.8 Å². The molecule has 0 saturated heterocycles. The van der Waals surface area contributed by atoms with Gasteiger partial charge in [0, 0.05) is 37.8 Å². The first-order valence-electron chi connectivity index (χ1n) is 9.70. The van der Waals surface area contributed by atoms with Crippen molar-refractivity contribution in [3.8, 4) is 0 Å². The summed E-state index contributed by atoms with van der Waals surface area (Å²) in [6, 6.07) is 0.225.